The van der Waals surface area contributed by atoms with Crippen LogP contribution < -0.4 is 21.7 Å². The summed E-state index contributed by atoms with van der Waals surface area (Å²) in [4.78, 5) is 26.0. The van der Waals surface area contributed by atoms with Crippen molar-refractivity contribution in [3.05, 3.63) is 24.3 Å². The van der Waals surface area contributed by atoms with Gasteiger partial charge in [0.2, 0.25) is 5.91 Å². The summed E-state index contributed by atoms with van der Waals surface area (Å²) in [5.74, 6) is -0.210. The lowest BCUT2D eigenvalue weighted by molar-refractivity contribution is -0.117. The van der Waals surface area contributed by atoms with Crippen molar-refractivity contribution in [1.82, 2.24) is 10.2 Å². The predicted molar refractivity (Wildman–Crippen MR) is 96.0 cm³/mol. The molecule has 1 atom stereocenters. The topological polar surface area (TPSA) is 99.5 Å². The largest absolute Gasteiger partial charge is 0.335 e. The molecule has 3 amide bonds. The highest BCUT2D eigenvalue weighted by Crippen LogP contribution is 2.14. The summed E-state index contributed by atoms with van der Waals surface area (Å²) < 4.78 is 0. The Balaban J connectivity index is 1.80. The fraction of sp³-hybridized carbons (Fsp3) is 0.529. The molecule has 1 heterocycles. The zero-order valence-electron chi connectivity index (χ0n) is 14.3. The molecule has 132 valence electrons. The minimum atomic E-state index is -0.511. The molecule has 0 radical (unpaired) electrons. The van der Waals surface area contributed by atoms with Crippen molar-refractivity contribution in [2.24, 2.45) is 5.73 Å². The normalized spacial score (nSPS) is 17.1. The van der Waals surface area contributed by atoms with E-state index in [9.17, 15) is 9.59 Å². The average Bonchev–Trinajstić information content (AvgIpc) is 2.58. The monoisotopic (exact) mass is 333 g/mol. The second-order valence-electron chi connectivity index (χ2n) is 6.26. The van der Waals surface area contributed by atoms with Crippen LogP contribution in [0, 0.1) is 0 Å². The van der Waals surface area contributed by atoms with Gasteiger partial charge in [0.25, 0.3) is 0 Å². The highest BCUT2D eigenvalue weighted by molar-refractivity contribution is 5.95. The summed E-state index contributed by atoms with van der Waals surface area (Å²) in [6, 6.07) is 6.49. The van der Waals surface area contributed by atoms with E-state index < -0.39 is 6.04 Å². The van der Waals surface area contributed by atoms with Gasteiger partial charge in [-0.1, -0.05) is 6.92 Å². The van der Waals surface area contributed by atoms with Gasteiger partial charge in [0.15, 0.2) is 0 Å². The molecular weight excluding hydrogens is 306 g/mol. The highest BCUT2D eigenvalue weighted by Gasteiger charge is 2.18. The number of nitrogens with two attached hydrogens (primary N) is 1. The fourth-order valence-corrected chi connectivity index (χ4v) is 2.56. The average molecular weight is 333 g/mol. The van der Waals surface area contributed by atoms with Crippen molar-refractivity contribution in [3.63, 3.8) is 0 Å². The third kappa shape index (κ3) is 5.50. The quantitative estimate of drug-likeness (QED) is 0.657. The molecule has 7 nitrogen and oxygen atoms in total. The Morgan fingerprint density at radius 1 is 1.17 bits per heavy atom. The molecule has 1 aromatic carbocycles. The number of nitrogens with one attached hydrogen (secondary N) is 3. The molecule has 0 saturated carbocycles. The molecule has 1 aliphatic rings. The molecule has 0 unspecified atom stereocenters. The Morgan fingerprint density at radius 2 is 1.71 bits per heavy atom. The van der Waals surface area contributed by atoms with E-state index in [0.717, 1.165) is 25.9 Å². The van der Waals surface area contributed by atoms with Crippen LogP contribution in [0.1, 0.15) is 26.2 Å². The van der Waals surface area contributed by atoms with Crippen LogP contribution >= 0.6 is 0 Å². The lowest BCUT2D eigenvalue weighted by Gasteiger charge is -2.29. The van der Waals surface area contributed by atoms with Crippen LogP contribution in [0.4, 0.5) is 16.2 Å². The Labute approximate surface area is 143 Å². The first-order valence-electron chi connectivity index (χ1n) is 8.40. The number of urea groups is 1. The van der Waals surface area contributed by atoms with Gasteiger partial charge in [-0.3, -0.25) is 4.79 Å². The first-order chi connectivity index (χ1) is 11.5. The van der Waals surface area contributed by atoms with Gasteiger partial charge < -0.3 is 26.6 Å². The number of carbonyl (C=O) groups is 2. The molecule has 1 fully saturated rings. The first kappa shape index (κ1) is 18.2. The Hall–Kier alpha value is -2.12. The number of hydrogen-bond donors (Lipinski definition) is 4. The number of benzene rings is 1. The second-order valence-corrected chi connectivity index (χ2v) is 6.26. The number of piperidine rings is 1. The minimum absolute atomic E-state index is 0.200. The Morgan fingerprint density at radius 3 is 2.25 bits per heavy atom. The van der Waals surface area contributed by atoms with Crippen molar-refractivity contribution in [2.75, 3.05) is 30.8 Å². The maximum absolute atomic E-state index is 12.0. The molecule has 2 rings (SSSR count). The molecule has 7 heteroatoms. The number of likely N-dealkylation sites (tertiary alicyclic amines) is 1. The van der Waals surface area contributed by atoms with Crippen LogP contribution in [0.3, 0.4) is 0 Å². The molecular formula is C17H27N5O2. The van der Waals surface area contributed by atoms with E-state index in [1.165, 1.54) is 0 Å². The van der Waals surface area contributed by atoms with Crippen molar-refractivity contribution in [1.29, 1.82) is 0 Å². The zero-order chi connectivity index (χ0) is 17.5. The summed E-state index contributed by atoms with van der Waals surface area (Å²) in [5.41, 5.74) is 7.01. The van der Waals surface area contributed by atoms with Crippen molar-refractivity contribution >= 4 is 23.3 Å². The first-order valence-corrected chi connectivity index (χ1v) is 8.40. The molecule has 24 heavy (non-hydrogen) atoms. The molecule has 5 N–H and O–H groups in total. The van der Waals surface area contributed by atoms with Crippen LogP contribution in [0.25, 0.3) is 0 Å². The van der Waals surface area contributed by atoms with Gasteiger partial charge in [-0.15, -0.1) is 0 Å². The number of rotatable bonds is 5. The van der Waals surface area contributed by atoms with Crippen LogP contribution in [0.5, 0.6) is 0 Å². The van der Waals surface area contributed by atoms with E-state index in [4.69, 9.17) is 5.73 Å². The number of amides is 3. The molecule has 1 aliphatic heterocycles. The number of nitrogens with zero attached hydrogens (tertiary/aromatic N) is 1. The van der Waals surface area contributed by atoms with Crippen LogP contribution in [-0.2, 0) is 4.79 Å². The summed E-state index contributed by atoms with van der Waals surface area (Å²) in [5, 5.41) is 8.55. The third-order valence-electron chi connectivity index (χ3n) is 4.24. The van der Waals surface area contributed by atoms with Crippen molar-refractivity contribution in [3.8, 4) is 0 Å². The lowest BCUT2D eigenvalue weighted by Crippen LogP contribution is -2.44. The SMILES string of the molecule is CC[C@H](N)C(=O)Nc1ccc(NC(=O)NC2CCN(C)CC2)cc1. The zero-order valence-corrected chi connectivity index (χ0v) is 14.3. The molecule has 1 aromatic rings. The van der Waals surface area contributed by atoms with Gasteiger partial charge >= 0.3 is 6.03 Å². The number of carbonyl (C=O) groups excluding carboxylic acids is 2. The van der Waals surface area contributed by atoms with Crippen molar-refractivity contribution < 1.29 is 9.59 Å². The smallest absolute Gasteiger partial charge is 0.319 e. The second kappa shape index (κ2) is 8.65. The molecule has 1 saturated heterocycles. The van der Waals surface area contributed by atoms with E-state index >= 15 is 0 Å². The van der Waals surface area contributed by atoms with E-state index in [0.29, 0.717) is 17.8 Å². The van der Waals surface area contributed by atoms with Gasteiger partial charge in [-0.25, -0.2) is 4.79 Å². The van der Waals surface area contributed by atoms with Crippen LogP contribution in [0.15, 0.2) is 24.3 Å². The van der Waals surface area contributed by atoms with Gasteiger partial charge in [0, 0.05) is 17.4 Å². The van der Waals surface area contributed by atoms with Crippen LogP contribution in [0.2, 0.25) is 0 Å². The molecule has 0 aromatic heterocycles. The highest BCUT2D eigenvalue weighted by atomic mass is 16.2. The standard InChI is InChI=1S/C17H27N5O2/c1-3-15(18)16(23)19-12-4-6-13(7-5-12)20-17(24)21-14-8-10-22(2)11-9-14/h4-7,14-15H,3,8-11,18H2,1-2H3,(H,19,23)(H2,20,21,24)/t15-/m0/s1. The summed E-state index contributed by atoms with van der Waals surface area (Å²) in [7, 11) is 2.09. The Kier molecular flexibility index (Phi) is 6.57. The maximum Gasteiger partial charge on any atom is 0.319 e. The number of anilines is 2. The number of hydrogen-bond acceptors (Lipinski definition) is 4. The van der Waals surface area contributed by atoms with Gasteiger partial charge in [-0.2, -0.15) is 0 Å². The van der Waals surface area contributed by atoms with E-state index in [1.807, 2.05) is 6.92 Å². The summed E-state index contributed by atoms with van der Waals surface area (Å²) in [6.07, 6.45) is 2.52. The van der Waals surface area contributed by atoms with E-state index in [-0.39, 0.29) is 18.0 Å². The summed E-state index contributed by atoms with van der Waals surface area (Å²) >= 11 is 0. The van der Waals surface area contributed by atoms with E-state index in [2.05, 4.69) is 27.9 Å². The van der Waals surface area contributed by atoms with Gasteiger partial charge in [-0.05, 0) is 63.7 Å². The third-order valence-corrected chi connectivity index (χ3v) is 4.24. The van der Waals surface area contributed by atoms with E-state index in [1.54, 1.807) is 24.3 Å². The lowest BCUT2D eigenvalue weighted by atomic mass is 10.1. The molecule has 0 aliphatic carbocycles. The van der Waals surface area contributed by atoms with Gasteiger partial charge in [0.05, 0.1) is 6.04 Å². The minimum Gasteiger partial charge on any atom is -0.335 e. The summed E-state index contributed by atoms with van der Waals surface area (Å²) in [6.45, 7) is 3.86. The van der Waals surface area contributed by atoms with Gasteiger partial charge in [0.1, 0.15) is 0 Å². The Bertz CT molecular complexity index is 553. The maximum atomic E-state index is 12.0. The molecule has 0 bridgehead atoms. The predicted octanol–water partition coefficient (Wildman–Crippen LogP) is 1.58. The fourth-order valence-electron chi connectivity index (χ4n) is 2.56. The molecule has 0 spiro atoms. The van der Waals surface area contributed by atoms with Crippen LogP contribution in [-0.4, -0.2) is 49.1 Å². The van der Waals surface area contributed by atoms with Crippen molar-refractivity contribution in [2.45, 2.75) is 38.3 Å².